The number of alkyl halides is 3. The molecule has 0 saturated heterocycles. The van der Waals surface area contributed by atoms with Crippen molar-refractivity contribution < 1.29 is 18.0 Å². The number of primary amides is 1. The fourth-order valence-corrected chi connectivity index (χ4v) is 1.95. The van der Waals surface area contributed by atoms with Crippen LogP contribution < -0.4 is 5.73 Å². The molecule has 1 unspecified atom stereocenters. The topological polar surface area (TPSA) is 43.1 Å². The van der Waals surface area contributed by atoms with Gasteiger partial charge in [-0.05, 0) is 35.9 Å². The number of hydrogen-bond donors (Lipinski definition) is 1. The fraction of sp³-hybridized carbons (Fsp3) is 0.364. The Morgan fingerprint density at radius 1 is 1.47 bits per heavy atom. The minimum Gasteiger partial charge on any atom is -0.369 e. The van der Waals surface area contributed by atoms with Gasteiger partial charge in [0.25, 0.3) is 0 Å². The molecule has 0 aromatic heterocycles. The van der Waals surface area contributed by atoms with Gasteiger partial charge in [0, 0.05) is 10.8 Å². The number of nitrogens with two attached hydrogens (primary N) is 1. The molecule has 2 N–H and O–H groups in total. The quantitative estimate of drug-likeness (QED) is 0.849. The van der Waals surface area contributed by atoms with Gasteiger partial charge in [0.1, 0.15) is 0 Å². The number of hydrogen-bond acceptors (Lipinski definition) is 2. The van der Waals surface area contributed by atoms with Gasteiger partial charge in [-0.15, -0.1) is 0 Å². The van der Waals surface area contributed by atoms with Gasteiger partial charge in [-0.3, -0.25) is 4.79 Å². The highest BCUT2D eigenvalue weighted by Gasteiger charge is 2.29. The first kappa shape index (κ1) is 13.9. The SMILES string of the molecule is CC(Cc1cccc(SC(F)(F)F)c1)C(N)=O. The molecule has 1 rings (SSSR count). The molecule has 0 saturated carbocycles. The van der Waals surface area contributed by atoms with E-state index in [1.807, 2.05) is 0 Å². The number of amides is 1. The van der Waals surface area contributed by atoms with Crippen LogP contribution in [0.4, 0.5) is 13.2 Å². The van der Waals surface area contributed by atoms with E-state index in [1.54, 1.807) is 13.0 Å². The molecular weight excluding hydrogens is 251 g/mol. The molecule has 6 heteroatoms. The molecule has 0 bridgehead atoms. The van der Waals surface area contributed by atoms with Gasteiger partial charge in [-0.2, -0.15) is 13.2 Å². The van der Waals surface area contributed by atoms with Gasteiger partial charge in [0.15, 0.2) is 0 Å². The second-order valence-corrected chi connectivity index (χ2v) is 4.84. The van der Waals surface area contributed by atoms with Crippen molar-refractivity contribution in [3.8, 4) is 0 Å². The summed E-state index contributed by atoms with van der Waals surface area (Å²) >= 11 is -0.166. The molecule has 0 fully saturated rings. The summed E-state index contributed by atoms with van der Waals surface area (Å²) in [6, 6.07) is 6.03. The van der Waals surface area contributed by atoms with Crippen LogP contribution in [0.2, 0.25) is 0 Å². The third kappa shape index (κ3) is 5.12. The second-order valence-electron chi connectivity index (χ2n) is 3.70. The van der Waals surface area contributed by atoms with E-state index in [0.717, 1.165) is 0 Å². The predicted molar refractivity (Wildman–Crippen MR) is 60.4 cm³/mol. The van der Waals surface area contributed by atoms with Gasteiger partial charge in [-0.1, -0.05) is 19.1 Å². The van der Waals surface area contributed by atoms with Crippen LogP contribution in [-0.2, 0) is 11.2 Å². The average Bonchev–Trinajstić information content (AvgIpc) is 2.15. The third-order valence-corrected chi connectivity index (χ3v) is 2.88. The molecule has 2 nitrogen and oxygen atoms in total. The summed E-state index contributed by atoms with van der Waals surface area (Å²) in [7, 11) is 0. The van der Waals surface area contributed by atoms with Gasteiger partial charge in [-0.25, -0.2) is 0 Å². The Morgan fingerprint density at radius 2 is 2.12 bits per heavy atom. The molecule has 0 aliphatic heterocycles. The summed E-state index contributed by atoms with van der Waals surface area (Å²) in [6.07, 6.45) is 0.349. The van der Waals surface area contributed by atoms with Gasteiger partial charge < -0.3 is 5.73 Å². The lowest BCUT2D eigenvalue weighted by Crippen LogP contribution is -2.22. The fourth-order valence-electron chi connectivity index (χ4n) is 1.32. The van der Waals surface area contributed by atoms with Gasteiger partial charge in [0.2, 0.25) is 5.91 Å². The molecule has 1 atom stereocenters. The number of benzene rings is 1. The van der Waals surface area contributed by atoms with Crippen molar-refractivity contribution in [3.63, 3.8) is 0 Å². The number of carbonyl (C=O) groups is 1. The van der Waals surface area contributed by atoms with Crippen LogP contribution in [0.15, 0.2) is 29.2 Å². The van der Waals surface area contributed by atoms with E-state index in [9.17, 15) is 18.0 Å². The van der Waals surface area contributed by atoms with E-state index in [1.165, 1.54) is 18.2 Å². The predicted octanol–water partition coefficient (Wildman–Crippen LogP) is 2.96. The summed E-state index contributed by atoms with van der Waals surface area (Å²) in [5, 5.41) is 0. The maximum absolute atomic E-state index is 12.2. The van der Waals surface area contributed by atoms with E-state index >= 15 is 0 Å². The van der Waals surface area contributed by atoms with Crippen LogP contribution in [0, 0.1) is 5.92 Å². The average molecular weight is 263 g/mol. The van der Waals surface area contributed by atoms with Crippen LogP contribution in [0.1, 0.15) is 12.5 Å². The molecule has 1 aromatic rings. The Labute approximate surface area is 101 Å². The Bertz CT molecular complexity index is 406. The number of rotatable bonds is 4. The standard InChI is InChI=1S/C11H12F3NOS/c1-7(10(15)16)5-8-3-2-4-9(6-8)17-11(12,13)14/h2-4,6-7H,5H2,1H3,(H2,15,16). The first-order chi connectivity index (χ1) is 7.78. The molecule has 1 aromatic carbocycles. The molecule has 1 amide bonds. The molecule has 0 aliphatic carbocycles. The van der Waals surface area contributed by atoms with Crippen molar-refractivity contribution in [3.05, 3.63) is 29.8 Å². The van der Waals surface area contributed by atoms with Crippen molar-refractivity contribution in [2.75, 3.05) is 0 Å². The van der Waals surface area contributed by atoms with Crippen LogP contribution >= 0.6 is 11.8 Å². The lowest BCUT2D eigenvalue weighted by atomic mass is 10.0. The highest BCUT2D eigenvalue weighted by atomic mass is 32.2. The molecule has 0 aliphatic rings. The number of halogens is 3. The summed E-state index contributed by atoms with van der Waals surface area (Å²) < 4.78 is 36.5. The number of thioether (sulfide) groups is 1. The van der Waals surface area contributed by atoms with Crippen LogP contribution in [0.5, 0.6) is 0 Å². The van der Waals surface area contributed by atoms with E-state index in [-0.39, 0.29) is 22.6 Å². The van der Waals surface area contributed by atoms with Crippen molar-refractivity contribution in [1.29, 1.82) is 0 Å². The highest BCUT2D eigenvalue weighted by molar-refractivity contribution is 8.00. The first-order valence-corrected chi connectivity index (χ1v) is 5.73. The lowest BCUT2D eigenvalue weighted by Gasteiger charge is -2.09. The molecule has 94 valence electrons. The summed E-state index contributed by atoms with van der Waals surface area (Å²) in [6.45, 7) is 1.64. The lowest BCUT2D eigenvalue weighted by molar-refractivity contribution is -0.121. The molecular formula is C11H12F3NOS. The first-order valence-electron chi connectivity index (χ1n) is 4.92. The number of carbonyl (C=O) groups excluding carboxylic acids is 1. The zero-order valence-electron chi connectivity index (χ0n) is 9.12. The largest absolute Gasteiger partial charge is 0.446 e. The summed E-state index contributed by atoms with van der Waals surface area (Å²) in [4.78, 5) is 11.0. The zero-order chi connectivity index (χ0) is 13.1. The van der Waals surface area contributed by atoms with E-state index in [4.69, 9.17) is 5.73 Å². The summed E-state index contributed by atoms with van der Waals surface area (Å²) in [5.41, 5.74) is 1.47. The Morgan fingerprint density at radius 3 is 2.65 bits per heavy atom. The summed E-state index contributed by atoms with van der Waals surface area (Å²) in [5.74, 6) is -0.847. The maximum atomic E-state index is 12.2. The minimum atomic E-state index is -4.30. The van der Waals surface area contributed by atoms with Crippen LogP contribution in [0.3, 0.4) is 0 Å². The minimum absolute atomic E-state index is 0.117. The van der Waals surface area contributed by atoms with E-state index < -0.39 is 11.4 Å². The maximum Gasteiger partial charge on any atom is 0.446 e. The van der Waals surface area contributed by atoms with Gasteiger partial charge >= 0.3 is 5.51 Å². The molecule has 0 heterocycles. The second kappa shape index (κ2) is 5.44. The molecule has 0 spiro atoms. The van der Waals surface area contributed by atoms with Crippen molar-refractivity contribution >= 4 is 17.7 Å². The monoisotopic (exact) mass is 263 g/mol. The zero-order valence-corrected chi connectivity index (χ0v) is 9.94. The van der Waals surface area contributed by atoms with Crippen molar-refractivity contribution in [2.45, 2.75) is 23.7 Å². The highest BCUT2D eigenvalue weighted by Crippen LogP contribution is 2.37. The van der Waals surface area contributed by atoms with Crippen molar-refractivity contribution in [2.24, 2.45) is 11.7 Å². The molecule has 0 radical (unpaired) electrons. The van der Waals surface area contributed by atoms with E-state index in [0.29, 0.717) is 12.0 Å². The smallest absolute Gasteiger partial charge is 0.369 e. The van der Waals surface area contributed by atoms with Crippen LogP contribution in [0.25, 0.3) is 0 Å². The third-order valence-electron chi connectivity index (χ3n) is 2.16. The Balaban J connectivity index is 2.76. The Kier molecular flexibility index (Phi) is 4.45. The normalized spacial score (nSPS) is 13.4. The van der Waals surface area contributed by atoms with Crippen molar-refractivity contribution in [1.82, 2.24) is 0 Å². The van der Waals surface area contributed by atoms with Crippen LogP contribution in [-0.4, -0.2) is 11.4 Å². The van der Waals surface area contributed by atoms with E-state index in [2.05, 4.69) is 0 Å². The van der Waals surface area contributed by atoms with Gasteiger partial charge in [0.05, 0.1) is 0 Å². The Hall–Kier alpha value is -1.17. The molecule has 17 heavy (non-hydrogen) atoms.